The molecule has 0 spiro atoms. The van der Waals surface area contributed by atoms with Crippen molar-refractivity contribution < 1.29 is 9.15 Å². The summed E-state index contributed by atoms with van der Waals surface area (Å²) >= 11 is 1.34. The molecule has 3 aromatic rings. The van der Waals surface area contributed by atoms with Crippen molar-refractivity contribution in [3.05, 3.63) is 46.1 Å². The Morgan fingerprint density at radius 3 is 2.94 bits per heavy atom. The molecule has 0 saturated heterocycles. The minimum absolute atomic E-state index is 0.387. The number of hydrogen-bond acceptors (Lipinski definition) is 5. The summed E-state index contributed by atoms with van der Waals surface area (Å²) in [5.41, 5.74) is 1.22. The van der Waals surface area contributed by atoms with Gasteiger partial charge in [-0.1, -0.05) is 29.5 Å². The predicted molar refractivity (Wildman–Crippen MR) is 70.1 cm³/mol. The average Bonchev–Trinajstić information content (AvgIpc) is 2.86. The summed E-state index contributed by atoms with van der Waals surface area (Å²) in [5.74, 6) is 0. The van der Waals surface area contributed by atoms with Crippen molar-refractivity contribution in [2.45, 2.75) is 0 Å². The van der Waals surface area contributed by atoms with Gasteiger partial charge in [0.1, 0.15) is 5.58 Å². The molecule has 4 nitrogen and oxygen atoms in total. The Morgan fingerprint density at radius 1 is 1.33 bits per heavy atom. The van der Waals surface area contributed by atoms with E-state index in [0.29, 0.717) is 22.0 Å². The average molecular weight is 259 g/mol. The highest BCUT2D eigenvalue weighted by atomic mass is 32.1. The maximum absolute atomic E-state index is 11.9. The lowest BCUT2D eigenvalue weighted by Crippen LogP contribution is -2.02. The van der Waals surface area contributed by atoms with E-state index >= 15 is 0 Å². The molecule has 0 atom stereocenters. The van der Waals surface area contributed by atoms with E-state index in [1.807, 2.05) is 18.2 Å². The van der Waals surface area contributed by atoms with E-state index in [-0.39, 0.29) is 5.63 Å². The zero-order valence-electron chi connectivity index (χ0n) is 9.54. The fourth-order valence-corrected chi connectivity index (χ4v) is 2.35. The third-order valence-corrected chi connectivity index (χ3v) is 3.38. The zero-order valence-corrected chi connectivity index (χ0v) is 10.4. The molecule has 0 radical (unpaired) electrons. The maximum Gasteiger partial charge on any atom is 0.345 e. The van der Waals surface area contributed by atoms with Crippen molar-refractivity contribution in [2.75, 3.05) is 7.11 Å². The van der Waals surface area contributed by atoms with Crippen LogP contribution in [0.1, 0.15) is 0 Å². The van der Waals surface area contributed by atoms with Crippen molar-refractivity contribution in [3.8, 4) is 16.5 Å². The highest BCUT2D eigenvalue weighted by Gasteiger charge is 2.11. The Balaban J connectivity index is 2.22. The van der Waals surface area contributed by atoms with Gasteiger partial charge in [0.25, 0.3) is 5.19 Å². The molecule has 0 aliphatic rings. The molecule has 0 aliphatic carbocycles. The second kappa shape index (κ2) is 4.27. The standard InChI is InChI=1S/C13H9NO3S/c1-16-13-14-10(7-18-13)9-6-8-4-2-3-5-11(8)17-12(9)15/h2-7H,1H3. The van der Waals surface area contributed by atoms with E-state index < -0.39 is 0 Å². The number of ether oxygens (including phenoxy) is 1. The minimum atomic E-state index is -0.387. The molecule has 18 heavy (non-hydrogen) atoms. The monoisotopic (exact) mass is 259 g/mol. The van der Waals surface area contributed by atoms with E-state index in [0.717, 1.165) is 5.39 Å². The van der Waals surface area contributed by atoms with Gasteiger partial charge in [0, 0.05) is 10.8 Å². The molecule has 1 aromatic carbocycles. The molecular weight excluding hydrogens is 250 g/mol. The first-order valence-corrected chi connectivity index (χ1v) is 6.18. The van der Waals surface area contributed by atoms with Gasteiger partial charge in [0.2, 0.25) is 0 Å². The van der Waals surface area contributed by atoms with Crippen LogP contribution in [0, 0.1) is 0 Å². The van der Waals surface area contributed by atoms with Gasteiger partial charge in [-0.05, 0) is 12.1 Å². The number of thiazole rings is 1. The number of para-hydroxylation sites is 1. The van der Waals surface area contributed by atoms with Crippen molar-refractivity contribution in [3.63, 3.8) is 0 Å². The summed E-state index contributed by atoms with van der Waals surface area (Å²) in [6.07, 6.45) is 0. The molecule has 3 rings (SSSR count). The van der Waals surface area contributed by atoms with Crippen LogP contribution in [0.25, 0.3) is 22.2 Å². The molecule has 0 aliphatic heterocycles. The van der Waals surface area contributed by atoms with Crippen LogP contribution < -0.4 is 10.4 Å². The van der Waals surface area contributed by atoms with Crippen molar-refractivity contribution in [2.24, 2.45) is 0 Å². The maximum atomic E-state index is 11.9. The third kappa shape index (κ3) is 1.78. The third-order valence-electron chi connectivity index (χ3n) is 2.58. The molecule has 0 N–H and O–H groups in total. The largest absolute Gasteiger partial charge is 0.473 e. The minimum Gasteiger partial charge on any atom is -0.473 e. The Morgan fingerprint density at radius 2 is 2.17 bits per heavy atom. The summed E-state index contributed by atoms with van der Waals surface area (Å²) in [4.78, 5) is 16.1. The second-order valence-corrected chi connectivity index (χ2v) is 4.51. The first kappa shape index (κ1) is 11.0. The summed E-state index contributed by atoms with van der Waals surface area (Å²) in [5, 5.41) is 3.18. The summed E-state index contributed by atoms with van der Waals surface area (Å²) in [7, 11) is 1.55. The molecule has 2 heterocycles. The molecule has 90 valence electrons. The molecule has 2 aromatic heterocycles. The fraction of sp³-hybridized carbons (Fsp3) is 0.0769. The number of nitrogens with zero attached hydrogens (tertiary/aromatic N) is 1. The second-order valence-electron chi connectivity index (χ2n) is 3.69. The summed E-state index contributed by atoms with van der Waals surface area (Å²) in [6, 6.07) is 9.17. The summed E-state index contributed by atoms with van der Waals surface area (Å²) in [6.45, 7) is 0. The SMILES string of the molecule is COc1nc(-c2cc3ccccc3oc2=O)cs1. The van der Waals surface area contributed by atoms with Gasteiger partial charge in [-0.3, -0.25) is 0 Å². The number of fused-ring (bicyclic) bond motifs is 1. The van der Waals surface area contributed by atoms with Gasteiger partial charge in [-0.15, -0.1) is 0 Å². The molecule has 0 saturated carbocycles. The Hall–Kier alpha value is -2.14. The van der Waals surface area contributed by atoms with Gasteiger partial charge in [-0.25, -0.2) is 9.78 Å². The fourth-order valence-electron chi connectivity index (χ4n) is 1.72. The molecule has 5 heteroatoms. The van der Waals surface area contributed by atoms with Crippen molar-refractivity contribution in [1.82, 2.24) is 4.98 Å². The molecular formula is C13H9NO3S. The lowest BCUT2D eigenvalue weighted by atomic mass is 10.1. The summed E-state index contributed by atoms with van der Waals surface area (Å²) < 4.78 is 10.3. The van der Waals surface area contributed by atoms with Crippen LogP contribution >= 0.6 is 11.3 Å². The van der Waals surface area contributed by atoms with E-state index in [2.05, 4.69) is 4.98 Å². The first-order chi connectivity index (χ1) is 8.78. The van der Waals surface area contributed by atoms with Crippen LogP contribution in [0.3, 0.4) is 0 Å². The topological polar surface area (TPSA) is 52.3 Å². The predicted octanol–water partition coefficient (Wildman–Crippen LogP) is 2.93. The first-order valence-electron chi connectivity index (χ1n) is 5.31. The van der Waals surface area contributed by atoms with Crippen molar-refractivity contribution >= 4 is 22.3 Å². The van der Waals surface area contributed by atoms with Crippen LogP contribution in [0.15, 0.2) is 44.9 Å². The van der Waals surface area contributed by atoms with E-state index in [1.54, 1.807) is 24.6 Å². The Bertz CT molecular complexity index is 760. The number of rotatable bonds is 2. The normalized spacial score (nSPS) is 10.7. The van der Waals surface area contributed by atoms with E-state index in [1.165, 1.54) is 11.3 Å². The van der Waals surface area contributed by atoms with Gasteiger partial charge in [0.05, 0.1) is 18.4 Å². The lowest BCUT2D eigenvalue weighted by Gasteiger charge is -1.98. The number of methoxy groups -OCH3 is 1. The Labute approximate surface area is 106 Å². The molecule has 0 fully saturated rings. The lowest BCUT2D eigenvalue weighted by molar-refractivity contribution is 0.412. The Kier molecular flexibility index (Phi) is 2.60. The van der Waals surface area contributed by atoms with Crippen LogP contribution in [0.5, 0.6) is 5.19 Å². The van der Waals surface area contributed by atoms with Crippen LogP contribution in [0.2, 0.25) is 0 Å². The zero-order chi connectivity index (χ0) is 12.5. The number of benzene rings is 1. The van der Waals surface area contributed by atoms with Crippen molar-refractivity contribution in [1.29, 1.82) is 0 Å². The molecule has 0 bridgehead atoms. The smallest absolute Gasteiger partial charge is 0.345 e. The van der Waals surface area contributed by atoms with Crippen LogP contribution in [-0.4, -0.2) is 12.1 Å². The quantitative estimate of drug-likeness (QED) is 0.664. The molecule has 0 amide bonds. The molecule has 0 unspecified atom stereocenters. The van der Waals surface area contributed by atoms with Gasteiger partial charge < -0.3 is 9.15 Å². The van der Waals surface area contributed by atoms with E-state index in [9.17, 15) is 4.79 Å². The van der Waals surface area contributed by atoms with Gasteiger partial charge >= 0.3 is 5.63 Å². The van der Waals surface area contributed by atoms with Crippen LogP contribution in [0.4, 0.5) is 0 Å². The highest BCUT2D eigenvalue weighted by molar-refractivity contribution is 7.11. The van der Waals surface area contributed by atoms with Gasteiger partial charge in [0.15, 0.2) is 0 Å². The van der Waals surface area contributed by atoms with Gasteiger partial charge in [-0.2, -0.15) is 0 Å². The number of hydrogen-bond donors (Lipinski definition) is 0. The highest BCUT2D eigenvalue weighted by Crippen LogP contribution is 2.26. The van der Waals surface area contributed by atoms with E-state index in [4.69, 9.17) is 9.15 Å². The van der Waals surface area contributed by atoms with Crippen LogP contribution in [-0.2, 0) is 0 Å². The number of aromatic nitrogens is 1.